The number of imide groups is 1. The van der Waals surface area contributed by atoms with Gasteiger partial charge in [0.2, 0.25) is 11.8 Å². The summed E-state index contributed by atoms with van der Waals surface area (Å²) in [5.74, 6) is -0.151. The Morgan fingerprint density at radius 2 is 1.60 bits per heavy atom. The number of nitrogens with one attached hydrogen (secondary N) is 1. The van der Waals surface area contributed by atoms with Crippen LogP contribution in [-0.4, -0.2) is 27.3 Å². The van der Waals surface area contributed by atoms with Gasteiger partial charge in [0.15, 0.2) is 0 Å². The van der Waals surface area contributed by atoms with Gasteiger partial charge in [0.25, 0.3) is 10.0 Å². The molecule has 5 rings (SSSR count). The van der Waals surface area contributed by atoms with Crippen molar-refractivity contribution in [3.05, 3.63) is 60.7 Å². The van der Waals surface area contributed by atoms with Crippen molar-refractivity contribution in [1.82, 2.24) is 0 Å². The van der Waals surface area contributed by atoms with E-state index in [9.17, 15) is 18.0 Å². The van der Waals surface area contributed by atoms with E-state index < -0.39 is 10.0 Å². The minimum absolute atomic E-state index is 0.0371. The molecule has 2 aromatic carbocycles. The zero-order valence-corrected chi connectivity index (χ0v) is 17.0. The molecule has 0 radical (unpaired) electrons. The fourth-order valence-electron chi connectivity index (χ4n) is 4.83. The molecule has 2 fully saturated rings. The second-order valence-corrected chi connectivity index (χ2v) is 9.53. The summed E-state index contributed by atoms with van der Waals surface area (Å²) in [6.07, 6.45) is 4.95. The molecule has 1 unspecified atom stereocenters. The Morgan fingerprint density at radius 1 is 0.967 bits per heavy atom. The lowest BCUT2D eigenvalue weighted by molar-refractivity contribution is -0.123. The molecule has 0 aromatic heterocycles. The van der Waals surface area contributed by atoms with Gasteiger partial charge in [-0.25, -0.2) is 8.42 Å². The van der Waals surface area contributed by atoms with Crippen LogP contribution in [0.3, 0.4) is 0 Å². The molecule has 2 aromatic rings. The second-order valence-electron chi connectivity index (χ2n) is 7.84. The van der Waals surface area contributed by atoms with Crippen LogP contribution in [0.5, 0.6) is 5.75 Å². The van der Waals surface area contributed by atoms with Gasteiger partial charge in [-0.15, -0.1) is 0 Å². The van der Waals surface area contributed by atoms with Crippen LogP contribution in [0.25, 0.3) is 0 Å². The van der Waals surface area contributed by atoms with Gasteiger partial charge in [-0.1, -0.05) is 18.2 Å². The van der Waals surface area contributed by atoms with Crippen LogP contribution < -0.4 is 14.4 Å². The summed E-state index contributed by atoms with van der Waals surface area (Å²) >= 11 is 0. The molecule has 0 spiro atoms. The second kappa shape index (κ2) is 6.70. The number of hydrogen-bond donors (Lipinski definition) is 1. The maximum absolute atomic E-state index is 12.9. The van der Waals surface area contributed by atoms with Crippen molar-refractivity contribution in [2.24, 2.45) is 23.7 Å². The predicted octanol–water partition coefficient (Wildman–Crippen LogP) is 2.81. The van der Waals surface area contributed by atoms with Gasteiger partial charge in [0.1, 0.15) is 5.75 Å². The number of fused-ring (bicyclic) bond motifs is 5. The lowest BCUT2D eigenvalue weighted by Gasteiger charge is -2.17. The fourth-order valence-corrected chi connectivity index (χ4v) is 5.88. The molecule has 30 heavy (non-hydrogen) atoms. The first-order valence-corrected chi connectivity index (χ1v) is 11.2. The third-order valence-electron chi connectivity index (χ3n) is 6.20. The lowest BCUT2D eigenvalue weighted by atomic mass is 9.85. The van der Waals surface area contributed by atoms with E-state index in [0.29, 0.717) is 17.1 Å². The highest BCUT2D eigenvalue weighted by atomic mass is 32.2. The number of carbonyl (C=O) groups is 2. The summed E-state index contributed by atoms with van der Waals surface area (Å²) in [7, 11) is -2.33. The SMILES string of the molecule is COc1cccc(NS(=O)(=O)c2ccc(N3C(=O)[C@@H]4[C@@H]5C=CC(C5)[C@@H]4C3=O)cc2)c1. The maximum Gasteiger partial charge on any atom is 0.261 e. The number of allylic oxidation sites excluding steroid dienone is 2. The molecule has 1 saturated heterocycles. The van der Waals surface area contributed by atoms with Gasteiger partial charge in [0, 0.05) is 6.07 Å². The molecule has 3 aliphatic rings. The summed E-state index contributed by atoms with van der Waals surface area (Å²) in [6, 6.07) is 12.4. The first kappa shape index (κ1) is 18.9. The van der Waals surface area contributed by atoms with Crippen molar-refractivity contribution in [3.8, 4) is 5.75 Å². The molecule has 1 N–H and O–H groups in total. The highest BCUT2D eigenvalue weighted by Gasteiger charge is 2.59. The third kappa shape index (κ3) is 2.82. The highest BCUT2D eigenvalue weighted by Crippen LogP contribution is 2.53. The number of carbonyl (C=O) groups excluding carboxylic acids is 2. The van der Waals surface area contributed by atoms with Crippen molar-refractivity contribution in [2.45, 2.75) is 11.3 Å². The molecule has 2 amide bonds. The van der Waals surface area contributed by atoms with E-state index >= 15 is 0 Å². The lowest BCUT2D eigenvalue weighted by Crippen LogP contribution is -2.32. The van der Waals surface area contributed by atoms with E-state index in [0.717, 1.165) is 6.42 Å². The average Bonchev–Trinajstić information content (AvgIpc) is 3.42. The molecule has 1 aliphatic heterocycles. The number of anilines is 2. The van der Waals surface area contributed by atoms with Gasteiger partial charge in [-0.2, -0.15) is 0 Å². The van der Waals surface area contributed by atoms with Crippen molar-refractivity contribution in [2.75, 3.05) is 16.7 Å². The van der Waals surface area contributed by atoms with Crippen molar-refractivity contribution in [1.29, 1.82) is 0 Å². The number of nitrogens with zero attached hydrogens (tertiary/aromatic N) is 1. The molecule has 7 nitrogen and oxygen atoms in total. The Morgan fingerprint density at radius 3 is 2.20 bits per heavy atom. The highest BCUT2D eigenvalue weighted by molar-refractivity contribution is 7.92. The summed E-state index contributed by atoms with van der Waals surface area (Å²) in [4.78, 5) is 27.1. The average molecular weight is 424 g/mol. The normalized spacial score (nSPS) is 26.9. The van der Waals surface area contributed by atoms with Gasteiger partial charge in [0.05, 0.1) is 35.2 Å². The number of benzene rings is 2. The van der Waals surface area contributed by atoms with Gasteiger partial charge >= 0.3 is 0 Å². The van der Waals surface area contributed by atoms with Crippen LogP contribution >= 0.6 is 0 Å². The molecule has 154 valence electrons. The van der Waals surface area contributed by atoms with E-state index in [1.807, 2.05) is 12.2 Å². The molecule has 1 heterocycles. The zero-order valence-electron chi connectivity index (χ0n) is 16.2. The standard InChI is InChI=1S/C22H20N2O5S/c1-29-17-4-2-3-15(12-17)23-30(27,28)18-9-7-16(8-10-18)24-21(25)19-13-5-6-14(11-13)20(19)22(24)26/h2-10,12-14,19-20,23H,11H2,1H3/t13-,14?,19-,20+/m1/s1. The first-order chi connectivity index (χ1) is 14.4. The minimum Gasteiger partial charge on any atom is -0.497 e. The van der Waals surface area contributed by atoms with E-state index in [4.69, 9.17) is 4.74 Å². The van der Waals surface area contributed by atoms with Crippen LogP contribution in [0.1, 0.15) is 6.42 Å². The smallest absolute Gasteiger partial charge is 0.261 e. The number of rotatable bonds is 5. The molecule has 8 heteroatoms. The number of amides is 2. The Kier molecular flexibility index (Phi) is 4.21. The molecule has 2 bridgehead atoms. The van der Waals surface area contributed by atoms with Crippen LogP contribution in [0.4, 0.5) is 11.4 Å². The Balaban J connectivity index is 1.38. The van der Waals surface area contributed by atoms with Gasteiger partial charge < -0.3 is 4.74 Å². The monoisotopic (exact) mass is 424 g/mol. The number of ether oxygens (including phenoxy) is 1. The van der Waals surface area contributed by atoms with Crippen LogP contribution in [0.15, 0.2) is 65.6 Å². The van der Waals surface area contributed by atoms with E-state index in [-0.39, 0.29) is 40.4 Å². The Hall–Kier alpha value is -3.13. The molecular weight excluding hydrogens is 404 g/mol. The van der Waals surface area contributed by atoms with Crippen molar-refractivity contribution in [3.63, 3.8) is 0 Å². The van der Waals surface area contributed by atoms with Gasteiger partial charge in [-0.05, 0) is 54.7 Å². The topological polar surface area (TPSA) is 92.8 Å². The number of methoxy groups -OCH3 is 1. The number of sulfonamides is 1. The van der Waals surface area contributed by atoms with Crippen molar-refractivity contribution < 1.29 is 22.7 Å². The summed E-state index contributed by atoms with van der Waals surface area (Å²) < 4.78 is 33.0. The maximum atomic E-state index is 12.9. The van der Waals surface area contributed by atoms with E-state index in [1.165, 1.54) is 36.3 Å². The van der Waals surface area contributed by atoms with E-state index in [2.05, 4.69) is 4.72 Å². The van der Waals surface area contributed by atoms with Crippen molar-refractivity contribution >= 4 is 33.2 Å². The fraction of sp³-hybridized carbons (Fsp3) is 0.273. The molecule has 2 aliphatic carbocycles. The van der Waals surface area contributed by atoms with Crippen LogP contribution in [0.2, 0.25) is 0 Å². The summed E-state index contributed by atoms with van der Waals surface area (Å²) in [5.41, 5.74) is 0.776. The quantitative estimate of drug-likeness (QED) is 0.589. The number of hydrogen-bond acceptors (Lipinski definition) is 5. The Labute approximate surface area is 174 Å². The summed E-state index contributed by atoms with van der Waals surface area (Å²) in [5, 5.41) is 0. The Bertz CT molecular complexity index is 1140. The first-order valence-electron chi connectivity index (χ1n) is 9.72. The minimum atomic E-state index is -3.83. The van der Waals surface area contributed by atoms with Crippen LogP contribution in [0, 0.1) is 23.7 Å². The molecular formula is C22H20N2O5S. The third-order valence-corrected chi connectivity index (χ3v) is 7.59. The predicted molar refractivity (Wildman–Crippen MR) is 110 cm³/mol. The molecule has 4 atom stereocenters. The van der Waals surface area contributed by atoms with Gasteiger partial charge in [-0.3, -0.25) is 19.2 Å². The van der Waals surface area contributed by atoms with E-state index in [1.54, 1.807) is 24.3 Å². The zero-order chi connectivity index (χ0) is 21.0. The van der Waals surface area contributed by atoms with Crippen LogP contribution in [-0.2, 0) is 19.6 Å². The largest absolute Gasteiger partial charge is 0.497 e. The summed E-state index contributed by atoms with van der Waals surface area (Å²) in [6.45, 7) is 0. The molecule has 1 saturated carbocycles.